The third-order valence-electron chi connectivity index (χ3n) is 4.38. The first-order valence-corrected chi connectivity index (χ1v) is 7.48. The van der Waals surface area contributed by atoms with Gasteiger partial charge in [0.1, 0.15) is 0 Å². The first kappa shape index (κ1) is 12.4. The summed E-state index contributed by atoms with van der Waals surface area (Å²) in [6.07, 6.45) is 5.21. The number of aromatic nitrogens is 3. The molecular formula is C16H18N4O. The molecule has 0 radical (unpaired) electrons. The van der Waals surface area contributed by atoms with E-state index in [9.17, 15) is 4.79 Å². The van der Waals surface area contributed by atoms with Crippen molar-refractivity contribution >= 4 is 28.0 Å². The molecule has 0 saturated carbocycles. The molecule has 0 spiro atoms. The topological polar surface area (TPSA) is 43.1 Å². The summed E-state index contributed by atoms with van der Waals surface area (Å²) in [7, 11) is 1.92. The summed E-state index contributed by atoms with van der Waals surface area (Å²) >= 11 is 0. The highest BCUT2D eigenvalue weighted by Gasteiger charge is 2.23. The van der Waals surface area contributed by atoms with Gasteiger partial charge < -0.3 is 4.90 Å². The van der Waals surface area contributed by atoms with Gasteiger partial charge in [-0.25, -0.2) is 4.79 Å². The van der Waals surface area contributed by atoms with E-state index in [1.807, 2.05) is 39.4 Å². The van der Waals surface area contributed by atoms with Crippen LogP contribution in [0.2, 0.25) is 0 Å². The van der Waals surface area contributed by atoms with Crippen molar-refractivity contribution in [1.29, 1.82) is 0 Å². The fourth-order valence-corrected chi connectivity index (χ4v) is 3.33. The minimum Gasteiger partial charge on any atom is -0.324 e. The number of nitrogens with zero attached hydrogens (tertiary/aromatic N) is 4. The summed E-state index contributed by atoms with van der Waals surface area (Å²) < 4.78 is 3.67. The Bertz CT molecular complexity index is 823. The predicted octanol–water partition coefficient (Wildman–Crippen LogP) is 2.98. The van der Waals surface area contributed by atoms with E-state index in [0.717, 1.165) is 47.9 Å². The number of hydrogen-bond acceptors (Lipinski definition) is 2. The quantitative estimate of drug-likeness (QED) is 0.636. The molecule has 1 aromatic carbocycles. The monoisotopic (exact) mass is 282 g/mol. The number of carbonyl (C=O) groups excluding carboxylic acids is 1. The molecule has 3 heterocycles. The number of carbonyl (C=O) groups is 1. The van der Waals surface area contributed by atoms with Crippen LogP contribution in [0, 0.1) is 0 Å². The van der Waals surface area contributed by atoms with Gasteiger partial charge >= 0.3 is 6.03 Å². The second-order valence-corrected chi connectivity index (χ2v) is 5.68. The Morgan fingerprint density at radius 1 is 1.10 bits per heavy atom. The average Bonchev–Trinajstić information content (AvgIpc) is 3.06. The maximum absolute atomic E-state index is 12.9. The van der Waals surface area contributed by atoms with Gasteiger partial charge in [-0.1, -0.05) is 18.2 Å². The Kier molecular flexibility index (Phi) is 2.74. The van der Waals surface area contributed by atoms with Crippen molar-refractivity contribution in [3.63, 3.8) is 0 Å². The zero-order valence-electron chi connectivity index (χ0n) is 12.1. The predicted molar refractivity (Wildman–Crippen MR) is 82.4 cm³/mol. The fraction of sp³-hybridized carbons (Fsp3) is 0.375. The summed E-state index contributed by atoms with van der Waals surface area (Å²) in [5, 5.41) is 5.40. The first-order valence-electron chi connectivity index (χ1n) is 7.48. The number of rotatable bonds is 0. The molecule has 0 atom stereocenters. The summed E-state index contributed by atoms with van der Waals surface area (Å²) in [6, 6.07) is 8.13. The van der Waals surface area contributed by atoms with Crippen molar-refractivity contribution in [2.45, 2.75) is 19.3 Å². The van der Waals surface area contributed by atoms with Crippen LogP contribution in [-0.2, 0) is 7.05 Å². The number of fused-ring (bicyclic) bond motifs is 3. The molecule has 21 heavy (non-hydrogen) atoms. The molecule has 0 N–H and O–H groups in total. The highest BCUT2D eigenvalue weighted by atomic mass is 16.2. The molecule has 1 aliphatic rings. The van der Waals surface area contributed by atoms with Crippen molar-refractivity contribution in [2.24, 2.45) is 7.05 Å². The molecule has 1 amide bonds. The Hall–Kier alpha value is -2.30. The minimum atomic E-state index is 0.0777. The highest BCUT2D eigenvalue weighted by Crippen LogP contribution is 2.29. The summed E-state index contributed by atoms with van der Waals surface area (Å²) in [5.74, 6) is 0. The second kappa shape index (κ2) is 4.62. The summed E-state index contributed by atoms with van der Waals surface area (Å²) in [6.45, 7) is 1.71. The van der Waals surface area contributed by atoms with Gasteiger partial charge in [0.25, 0.3) is 0 Å². The van der Waals surface area contributed by atoms with Gasteiger partial charge in [0.2, 0.25) is 0 Å². The van der Waals surface area contributed by atoms with Gasteiger partial charge in [-0.15, -0.1) is 0 Å². The van der Waals surface area contributed by atoms with Crippen LogP contribution in [0.3, 0.4) is 0 Å². The number of hydrogen-bond donors (Lipinski definition) is 0. The SMILES string of the molecule is Cn1ncc2c1c1ccccc1n2C(=O)N1CCCCC1. The van der Waals surface area contributed by atoms with Crippen LogP contribution in [-0.4, -0.2) is 38.4 Å². The van der Waals surface area contributed by atoms with E-state index < -0.39 is 0 Å². The zero-order chi connectivity index (χ0) is 14.4. The lowest BCUT2D eigenvalue weighted by Gasteiger charge is -2.27. The first-order chi connectivity index (χ1) is 10.3. The van der Waals surface area contributed by atoms with Gasteiger partial charge in [0, 0.05) is 25.5 Å². The van der Waals surface area contributed by atoms with Crippen molar-refractivity contribution in [3.8, 4) is 0 Å². The fourth-order valence-electron chi connectivity index (χ4n) is 3.33. The molecule has 108 valence electrons. The molecule has 3 aromatic rings. The molecular weight excluding hydrogens is 264 g/mol. The standard InChI is InChI=1S/C16H18N4O/c1-18-15-12-7-3-4-8-13(12)20(14(15)11-17-18)16(21)19-9-5-2-6-10-19/h3-4,7-8,11H,2,5-6,9-10H2,1H3. The van der Waals surface area contributed by atoms with Crippen LogP contribution in [0.4, 0.5) is 4.79 Å². The van der Waals surface area contributed by atoms with Gasteiger partial charge in [-0.05, 0) is 25.3 Å². The Morgan fingerprint density at radius 2 is 1.86 bits per heavy atom. The molecule has 0 unspecified atom stereocenters. The molecule has 1 fully saturated rings. The lowest BCUT2D eigenvalue weighted by Crippen LogP contribution is -2.38. The zero-order valence-corrected chi connectivity index (χ0v) is 12.1. The molecule has 5 nitrogen and oxygen atoms in total. The lowest BCUT2D eigenvalue weighted by atomic mass is 10.1. The molecule has 5 heteroatoms. The van der Waals surface area contributed by atoms with Crippen LogP contribution in [0.25, 0.3) is 21.9 Å². The van der Waals surface area contributed by atoms with Crippen LogP contribution < -0.4 is 0 Å². The van der Waals surface area contributed by atoms with E-state index in [1.165, 1.54) is 6.42 Å². The van der Waals surface area contributed by atoms with Crippen LogP contribution in [0.1, 0.15) is 19.3 Å². The Labute approximate surface area is 122 Å². The molecule has 0 aliphatic carbocycles. The third-order valence-corrected chi connectivity index (χ3v) is 4.38. The summed E-state index contributed by atoms with van der Waals surface area (Å²) in [5.41, 5.74) is 2.89. The van der Waals surface area contributed by atoms with Gasteiger partial charge in [0.15, 0.2) is 0 Å². The largest absolute Gasteiger partial charge is 0.329 e. The number of amides is 1. The maximum Gasteiger partial charge on any atom is 0.329 e. The maximum atomic E-state index is 12.9. The number of piperidine rings is 1. The molecule has 4 rings (SSSR count). The van der Waals surface area contributed by atoms with Gasteiger partial charge in [-0.3, -0.25) is 9.25 Å². The second-order valence-electron chi connectivity index (χ2n) is 5.68. The molecule has 0 bridgehead atoms. The van der Waals surface area contributed by atoms with Gasteiger partial charge in [0.05, 0.1) is 22.7 Å². The molecule has 2 aromatic heterocycles. The molecule has 1 aliphatic heterocycles. The number of likely N-dealkylation sites (tertiary alicyclic amines) is 1. The van der Waals surface area contributed by atoms with E-state index in [2.05, 4.69) is 11.2 Å². The van der Waals surface area contributed by atoms with Crippen LogP contribution in [0.15, 0.2) is 30.5 Å². The highest BCUT2D eigenvalue weighted by molar-refractivity contribution is 6.11. The van der Waals surface area contributed by atoms with E-state index in [0.29, 0.717) is 0 Å². The average molecular weight is 282 g/mol. The summed E-state index contributed by atoms with van der Waals surface area (Å²) in [4.78, 5) is 14.9. The van der Waals surface area contributed by atoms with E-state index in [1.54, 1.807) is 6.20 Å². The van der Waals surface area contributed by atoms with Crippen molar-refractivity contribution < 1.29 is 4.79 Å². The van der Waals surface area contributed by atoms with Gasteiger partial charge in [-0.2, -0.15) is 5.10 Å². The number of benzene rings is 1. The normalized spacial score (nSPS) is 16.0. The van der Waals surface area contributed by atoms with E-state index in [4.69, 9.17) is 0 Å². The van der Waals surface area contributed by atoms with Crippen molar-refractivity contribution in [3.05, 3.63) is 30.5 Å². The smallest absolute Gasteiger partial charge is 0.324 e. The van der Waals surface area contributed by atoms with E-state index >= 15 is 0 Å². The number of aryl methyl sites for hydroxylation is 1. The van der Waals surface area contributed by atoms with Crippen molar-refractivity contribution in [2.75, 3.05) is 13.1 Å². The number of para-hydroxylation sites is 1. The molecule has 1 saturated heterocycles. The minimum absolute atomic E-state index is 0.0777. The van der Waals surface area contributed by atoms with Crippen LogP contribution >= 0.6 is 0 Å². The van der Waals surface area contributed by atoms with E-state index in [-0.39, 0.29) is 6.03 Å². The lowest BCUT2D eigenvalue weighted by molar-refractivity contribution is 0.190. The Balaban J connectivity index is 1.95. The third kappa shape index (κ3) is 1.77. The van der Waals surface area contributed by atoms with Crippen molar-refractivity contribution in [1.82, 2.24) is 19.2 Å². The van der Waals surface area contributed by atoms with Crippen LogP contribution in [0.5, 0.6) is 0 Å². The Morgan fingerprint density at radius 3 is 2.67 bits per heavy atom.